The Morgan fingerprint density at radius 2 is 2.00 bits per heavy atom. The van der Waals surface area contributed by atoms with Gasteiger partial charge in [-0.15, -0.1) is 0 Å². The number of likely N-dealkylation sites (tertiary alicyclic amines) is 1. The molecule has 0 N–H and O–H groups in total. The fourth-order valence-electron chi connectivity index (χ4n) is 3.61. The second kappa shape index (κ2) is 6.51. The lowest BCUT2D eigenvalue weighted by molar-refractivity contribution is -0.139. The first-order valence-electron chi connectivity index (χ1n) is 8.03. The van der Waals surface area contributed by atoms with Crippen LogP contribution in [0.3, 0.4) is 0 Å². The van der Waals surface area contributed by atoms with Crippen LogP contribution in [0.15, 0.2) is 24.3 Å². The summed E-state index contributed by atoms with van der Waals surface area (Å²) in [6.07, 6.45) is -0.934. The van der Waals surface area contributed by atoms with Crippen LogP contribution in [0.5, 0.6) is 0 Å². The van der Waals surface area contributed by atoms with Crippen LogP contribution in [0.1, 0.15) is 36.8 Å². The SMILES string of the molecule is O=C(Cc1ccccc1C(F)(F)F)N1CCC[C@H]1[C@H]1CCCO1. The first-order valence-corrected chi connectivity index (χ1v) is 8.03. The molecule has 2 aliphatic heterocycles. The first-order chi connectivity index (χ1) is 11.0. The van der Waals surface area contributed by atoms with Crippen LogP contribution < -0.4 is 0 Å². The topological polar surface area (TPSA) is 29.5 Å². The van der Waals surface area contributed by atoms with Crippen LogP contribution in [0.2, 0.25) is 0 Å². The van der Waals surface area contributed by atoms with E-state index >= 15 is 0 Å². The van der Waals surface area contributed by atoms with Gasteiger partial charge in [0.05, 0.1) is 24.1 Å². The Labute approximate surface area is 133 Å². The summed E-state index contributed by atoms with van der Waals surface area (Å²) in [6, 6.07) is 5.33. The molecular formula is C17H20F3NO2. The van der Waals surface area contributed by atoms with Crippen molar-refractivity contribution in [3.63, 3.8) is 0 Å². The molecule has 0 unspecified atom stereocenters. The van der Waals surface area contributed by atoms with Gasteiger partial charge in [0.15, 0.2) is 0 Å². The van der Waals surface area contributed by atoms with E-state index in [0.29, 0.717) is 13.2 Å². The summed E-state index contributed by atoms with van der Waals surface area (Å²) in [6.45, 7) is 1.32. The fraction of sp³-hybridized carbons (Fsp3) is 0.588. The van der Waals surface area contributed by atoms with Gasteiger partial charge in [-0.25, -0.2) is 0 Å². The summed E-state index contributed by atoms with van der Waals surface area (Å²) in [5.41, 5.74) is -0.677. The van der Waals surface area contributed by atoms with E-state index in [1.807, 2.05) is 0 Å². The largest absolute Gasteiger partial charge is 0.416 e. The average molecular weight is 327 g/mol. The molecule has 1 aromatic carbocycles. The zero-order chi connectivity index (χ0) is 16.4. The van der Waals surface area contributed by atoms with Gasteiger partial charge < -0.3 is 9.64 Å². The van der Waals surface area contributed by atoms with E-state index in [2.05, 4.69) is 0 Å². The van der Waals surface area contributed by atoms with E-state index in [4.69, 9.17) is 4.74 Å². The third-order valence-electron chi connectivity index (χ3n) is 4.68. The number of ether oxygens (including phenoxy) is 1. The van der Waals surface area contributed by atoms with Gasteiger partial charge in [-0.05, 0) is 37.3 Å². The Morgan fingerprint density at radius 1 is 1.22 bits per heavy atom. The van der Waals surface area contributed by atoms with Gasteiger partial charge in [0.25, 0.3) is 0 Å². The number of alkyl halides is 3. The predicted molar refractivity (Wildman–Crippen MR) is 78.9 cm³/mol. The van der Waals surface area contributed by atoms with Crippen molar-refractivity contribution in [1.29, 1.82) is 0 Å². The molecule has 3 nitrogen and oxygen atoms in total. The lowest BCUT2D eigenvalue weighted by atomic mass is 10.0. The van der Waals surface area contributed by atoms with Crippen LogP contribution in [-0.4, -0.2) is 36.1 Å². The number of nitrogens with zero attached hydrogens (tertiary/aromatic N) is 1. The Hall–Kier alpha value is -1.56. The van der Waals surface area contributed by atoms with Gasteiger partial charge in [0.2, 0.25) is 5.91 Å². The number of carbonyl (C=O) groups excluding carboxylic acids is 1. The summed E-state index contributed by atoms with van der Waals surface area (Å²) in [7, 11) is 0. The summed E-state index contributed by atoms with van der Waals surface area (Å²) < 4.78 is 44.8. The molecule has 1 aromatic rings. The van der Waals surface area contributed by atoms with Crippen molar-refractivity contribution in [2.45, 2.75) is 50.4 Å². The lowest BCUT2D eigenvalue weighted by Crippen LogP contribution is -2.43. The number of hydrogen-bond acceptors (Lipinski definition) is 2. The van der Waals surface area contributed by atoms with Crippen molar-refractivity contribution >= 4 is 5.91 Å². The number of carbonyl (C=O) groups is 1. The van der Waals surface area contributed by atoms with Gasteiger partial charge in [-0.3, -0.25) is 4.79 Å². The monoisotopic (exact) mass is 327 g/mol. The first kappa shape index (κ1) is 16.3. The average Bonchev–Trinajstić information content (AvgIpc) is 3.17. The van der Waals surface area contributed by atoms with Gasteiger partial charge in [-0.2, -0.15) is 13.2 Å². The van der Waals surface area contributed by atoms with Crippen LogP contribution in [-0.2, 0) is 22.1 Å². The van der Waals surface area contributed by atoms with Crippen molar-refractivity contribution in [2.75, 3.05) is 13.2 Å². The second-order valence-corrected chi connectivity index (χ2v) is 6.18. The number of amides is 1. The van der Waals surface area contributed by atoms with Crippen LogP contribution >= 0.6 is 0 Å². The van der Waals surface area contributed by atoms with Gasteiger partial charge >= 0.3 is 6.18 Å². The molecule has 6 heteroatoms. The highest BCUT2D eigenvalue weighted by Crippen LogP contribution is 2.33. The Morgan fingerprint density at radius 3 is 2.70 bits per heavy atom. The van der Waals surface area contributed by atoms with Crippen molar-refractivity contribution in [2.24, 2.45) is 0 Å². The van der Waals surface area contributed by atoms with E-state index in [1.165, 1.54) is 12.1 Å². The maximum absolute atomic E-state index is 13.1. The summed E-state index contributed by atoms with van der Waals surface area (Å²) >= 11 is 0. The van der Waals surface area contributed by atoms with Crippen LogP contribution in [0, 0.1) is 0 Å². The highest BCUT2D eigenvalue weighted by Gasteiger charge is 2.38. The number of benzene rings is 1. The minimum atomic E-state index is -4.43. The Kier molecular flexibility index (Phi) is 4.62. The number of rotatable bonds is 3. The Balaban J connectivity index is 1.74. The van der Waals surface area contributed by atoms with Crippen LogP contribution in [0.25, 0.3) is 0 Å². The maximum atomic E-state index is 13.1. The maximum Gasteiger partial charge on any atom is 0.416 e. The van der Waals surface area contributed by atoms with E-state index in [0.717, 1.165) is 31.7 Å². The summed E-state index contributed by atoms with van der Waals surface area (Å²) in [5, 5.41) is 0. The zero-order valence-electron chi connectivity index (χ0n) is 12.8. The predicted octanol–water partition coefficient (Wildman–Crippen LogP) is 3.42. The molecule has 0 spiro atoms. The number of hydrogen-bond donors (Lipinski definition) is 0. The fourth-order valence-corrected chi connectivity index (χ4v) is 3.61. The third kappa shape index (κ3) is 3.52. The number of halogens is 3. The highest BCUT2D eigenvalue weighted by molar-refractivity contribution is 5.80. The molecule has 3 rings (SSSR count). The quantitative estimate of drug-likeness (QED) is 0.851. The molecule has 0 saturated carbocycles. The van der Waals surface area contributed by atoms with Gasteiger partial charge in [0, 0.05) is 13.2 Å². The molecule has 0 radical (unpaired) electrons. The van der Waals surface area contributed by atoms with E-state index in [1.54, 1.807) is 11.0 Å². The molecule has 2 fully saturated rings. The van der Waals surface area contributed by atoms with Crippen molar-refractivity contribution in [1.82, 2.24) is 4.90 Å². The molecule has 0 bridgehead atoms. The third-order valence-corrected chi connectivity index (χ3v) is 4.68. The smallest absolute Gasteiger partial charge is 0.376 e. The van der Waals surface area contributed by atoms with Crippen LogP contribution in [0.4, 0.5) is 13.2 Å². The normalized spacial score (nSPS) is 25.1. The van der Waals surface area contributed by atoms with E-state index in [-0.39, 0.29) is 30.0 Å². The second-order valence-electron chi connectivity index (χ2n) is 6.18. The van der Waals surface area contributed by atoms with Gasteiger partial charge in [-0.1, -0.05) is 18.2 Å². The van der Waals surface area contributed by atoms with Crippen molar-refractivity contribution < 1.29 is 22.7 Å². The molecule has 0 aromatic heterocycles. The molecule has 0 aliphatic carbocycles. The van der Waals surface area contributed by atoms with Gasteiger partial charge in [0.1, 0.15) is 0 Å². The molecular weight excluding hydrogens is 307 g/mol. The molecule has 126 valence electrons. The molecule has 2 heterocycles. The minimum Gasteiger partial charge on any atom is -0.376 e. The highest BCUT2D eigenvalue weighted by atomic mass is 19.4. The lowest BCUT2D eigenvalue weighted by Gasteiger charge is -2.29. The molecule has 2 atom stereocenters. The molecule has 2 saturated heterocycles. The Bertz CT molecular complexity index is 567. The van der Waals surface area contributed by atoms with Crippen molar-refractivity contribution in [3.05, 3.63) is 35.4 Å². The standard InChI is InChI=1S/C17H20F3NO2/c18-17(19,20)13-6-2-1-5-12(13)11-16(22)21-9-3-7-14(21)15-8-4-10-23-15/h1-2,5-6,14-15H,3-4,7-11H2/t14-,15+/m0/s1. The zero-order valence-corrected chi connectivity index (χ0v) is 12.8. The van der Waals surface area contributed by atoms with E-state index < -0.39 is 11.7 Å². The molecule has 23 heavy (non-hydrogen) atoms. The summed E-state index contributed by atoms with van der Waals surface area (Å²) in [5.74, 6) is -0.236. The summed E-state index contributed by atoms with van der Waals surface area (Å²) in [4.78, 5) is 14.3. The van der Waals surface area contributed by atoms with Crippen molar-refractivity contribution in [3.8, 4) is 0 Å². The molecule has 2 aliphatic rings. The minimum absolute atomic E-state index is 0.0167. The van der Waals surface area contributed by atoms with E-state index in [9.17, 15) is 18.0 Å². The molecule has 1 amide bonds.